The number of hydrogen-bond acceptors (Lipinski definition) is 7. The first-order valence-corrected chi connectivity index (χ1v) is 20.8. The van der Waals surface area contributed by atoms with Crippen LogP contribution in [0.4, 0.5) is 9.59 Å². The third-order valence-electron chi connectivity index (χ3n) is 9.47. The van der Waals surface area contributed by atoms with E-state index in [4.69, 9.17) is 14.2 Å². The van der Waals surface area contributed by atoms with Crippen LogP contribution in [0.3, 0.4) is 0 Å². The topological polar surface area (TPSA) is 144 Å². The molecule has 0 saturated heterocycles. The molecule has 0 heterocycles. The standard InChI is InChI=1S/C51H58N4O7/c1-8-9-22-31-60-41-33-39(46(56)52-42(35-23-14-10-15-24-35)44(37-27-18-12-19-28-37)54-48(58)61-50(2,3)4)32-40(34-41)47(57)53-43(36-25-16-11-17-26-36)45(38-29-20-13-21-30-38)55-49(59)62-51(5,6)7/h8,10-21,23-30,32-34,42-45H,1,9,22,31H2,2-7H3,(H,52,56)(H,53,57)(H,54,58)(H,55,59)/t42-,43-,44-,45-/m1/s1. The Hall–Kier alpha value is -6.88. The highest BCUT2D eigenvalue weighted by Crippen LogP contribution is 2.33. The van der Waals surface area contributed by atoms with Crippen LogP contribution in [0.15, 0.2) is 152 Å². The predicted molar refractivity (Wildman–Crippen MR) is 242 cm³/mol. The number of allylic oxidation sites excluding steroid dienone is 1. The van der Waals surface area contributed by atoms with Crippen molar-refractivity contribution in [3.8, 4) is 5.75 Å². The van der Waals surface area contributed by atoms with Crippen LogP contribution in [0.1, 0.15) is 122 Å². The van der Waals surface area contributed by atoms with Crippen molar-refractivity contribution in [1.29, 1.82) is 0 Å². The number of hydrogen-bond donors (Lipinski definition) is 4. The van der Waals surface area contributed by atoms with Gasteiger partial charge in [0.05, 0.1) is 30.8 Å². The fraction of sp³-hybridized carbons (Fsp3) is 0.294. The van der Waals surface area contributed by atoms with E-state index < -0.39 is 59.4 Å². The molecule has 0 aromatic heterocycles. The summed E-state index contributed by atoms with van der Waals surface area (Å²) in [6.07, 6.45) is 1.86. The molecule has 0 fully saturated rings. The first kappa shape index (κ1) is 46.2. The summed E-state index contributed by atoms with van der Waals surface area (Å²) in [6, 6.07) is 38.8. The van der Waals surface area contributed by atoms with Gasteiger partial charge in [-0.25, -0.2) is 9.59 Å². The molecule has 324 valence electrons. The quantitative estimate of drug-likeness (QED) is 0.0539. The molecule has 11 heteroatoms. The van der Waals surface area contributed by atoms with Crippen LogP contribution in [-0.2, 0) is 9.47 Å². The molecule has 0 unspecified atom stereocenters. The molecule has 4 amide bonds. The van der Waals surface area contributed by atoms with Gasteiger partial charge in [-0.05, 0) is 94.8 Å². The number of unbranched alkanes of at least 4 members (excludes halogenated alkanes) is 1. The molecule has 0 aliphatic carbocycles. The molecular formula is C51H58N4O7. The Bertz CT molecular complexity index is 2090. The van der Waals surface area contributed by atoms with E-state index in [2.05, 4.69) is 27.8 Å². The second-order valence-electron chi connectivity index (χ2n) is 16.8. The first-order valence-electron chi connectivity index (χ1n) is 20.8. The highest BCUT2D eigenvalue weighted by Gasteiger charge is 2.33. The van der Waals surface area contributed by atoms with E-state index in [1.54, 1.807) is 59.8 Å². The number of nitrogens with one attached hydrogen (secondary N) is 4. The summed E-state index contributed by atoms with van der Waals surface area (Å²) in [6.45, 7) is 14.8. The van der Waals surface area contributed by atoms with Gasteiger partial charge in [-0.1, -0.05) is 127 Å². The maximum absolute atomic E-state index is 14.6. The van der Waals surface area contributed by atoms with Crippen LogP contribution in [0.25, 0.3) is 0 Å². The minimum Gasteiger partial charge on any atom is -0.494 e. The number of rotatable bonds is 17. The summed E-state index contributed by atoms with van der Waals surface area (Å²) in [4.78, 5) is 56.0. The van der Waals surface area contributed by atoms with Crippen molar-refractivity contribution >= 4 is 24.0 Å². The van der Waals surface area contributed by atoms with Crippen LogP contribution in [-0.4, -0.2) is 41.8 Å². The van der Waals surface area contributed by atoms with Gasteiger partial charge in [-0.15, -0.1) is 6.58 Å². The Morgan fingerprint density at radius 3 is 1.15 bits per heavy atom. The second-order valence-corrected chi connectivity index (χ2v) is 16.8. The van der Waals surface area contributed by atoms with Crippen molar-refractivity contribution in [3.63, 3.8) is 0 Å². The largest absolute Gasteiger partial charge is 0.494 e. The molecule has 0 bridgehead atoms. The van der Waals surface area contributed by atoms with Gasteiger partial charge in [-0.3, -0.25) is 9.59 Å². The maximum atomic E-state index is 14.6. The van der Waals surface area contributed by atoms with Crippen molar-refractivity contribution in [2.24, 2.45) is 0 Å². The molecule has 5 aromatic carbocycles. The molecule has 0 radical (unpaired) electrons. The Kier molecular flexibility index (Phi) is 16.1. The van der Waals surface area contributed by atoms with Crippen LogP contribution in [0.2, 0.25) is 0 Å². The average Bonchev–Trinajstić information content (AvgIpc) is 3.24. The van der Waals surface area contributed by atoms with E-state index in [0.717, 1.165) is 22.3 Å². The van der Waals surface area contributed by atoms with Crippen molar-refractivity contribution in [2.75, 3.05) is 6.61 Å². The van der Waals surface area contributed by atoms with Crippen LogP contribution < -0.4 is 26.0 Å². The van der Waals surface area contributed by atoms with Gasteiger partial charge in [0.1, 0.15) is 17.0 Å². The van der Waals surface area contributed by atoms with Crippen LogP contribution in [0.5, 0.6) is 5.75 Å². The molecule has 0 aliphatic rings. The van der Waals surface area contributed by atoms with Crippen molar-refractivity contribution in [1.82, 2.24) is 21.3 Å². The number of benzene rings is 5. The molecule has 5 rings (SSSR count). The molecule has 4 N–H and O–H groups in total. The van der Waals surface area contributed by atoms with Gasteiger partial charge in [0.2, 0.25) is 0 Å². The van der Waals surface area contributed by atoms with Crippen molar-refractivity contribution in [3.05, 3.63) is 186 Å². The van der Waals surface area contributed by atoms with E-state index in [-0.39, 0.29) is 11.1 Å². The third-order valence-corrected chi connectivity index (χ3v) is 9.47. The molecular weight excluding hydrogens is 781 g/mol. The molecule has 4 atom stereocenters. The van der Waals surface area contributed by atoms with E-state index in [1.807, 2.05) is 121 Å². The maximum Gasteiger partial charge on any atom is 0.408 e. The minimum absolute atomic E-state index is 0.143. The summed E-state index contributed by atoms with van der Waals surface area (Å²) in [5.41, 5.74) is 1.64. The van der Waals surface area contributed by atoms with Crippen LogP contribution >= 0.6 is 0 Å². The Morgan fingerprint density at radius 2 is 0.839 bits per heavy atom. The second kappa shape index (κ2) is 21.6. The molecule has 0 spiro atoms. The van der Waals surface area contributed by atoms with E-state index in [1.165, 1.54) is 6.07 Å². The van der Waals surface area contributed by atoms with Gasteiger partial charge < -0.3 is 35.5 Å². The lowest BCUT2D eigenvalue weighted by atomic mass is 9.92. The molecule has 0 saturated carbocycles. The Labute approximate surface area is 365 Å². The zero-order valence-electron chi connectivity index (χ0n) is 36.4. The third kappa shape index (κ3) is 14.1. The normalized spacial score (nSPS) is 13.3. The highest BCUT2D eigenvalue weighted by atomic mass is 16.6. The summed E-state index contributed by atoms with van der Waals surface area (Å²) in [5.74, 6) is -0.744. The zero-order valence-corrected chi connectivity index (χ0v) is 36.4. The number of alkyl carbamates (subject to hydrolysis) is 2. The lowest BCUT2D eigenvalue weighted by molar-refractivity contribution is 0.0478. The number of carbonyl (C=O) groups excluding carboxylic acids is 4. The predicted octanol–water partition coefficient (Wildman–Crippen LogP) is 10.5. The van der Waals surface area contributed by atoms with E-state index in [0.29, 0.717) is 25.2 Å². The van der Waals surface area contributed by atoms with E-state index >= 15 is 0 Å². The zero-order chi connectivity index (χ0) is 44.7. The summed E-state index contributed by atoms with van der Waals surface area (Å²) >= 11 is 0. The minimum atomic E-state index is -0.791. The molecule has 0 aliphatic heterocycles. The highest BCUT2D eigenvalue weighted by molar-refractivity contribution is 6.00. The van der Waals surface area contributed by atoms with E-state index in [9.17, 15) is 19.2 Å². The lowest BCUT2D eigenvalue weighted by Gasteiger charge is -2.31. The first-order chi connectivity index (χ1) is 29.6. The van der Waals surface area contributed by atoms with Gasteiger partial charge in [0.15, 0.2) is 0 Å². The van der Waals surface area contributed by atoms with Gasteiger partial charge in [0, 0.05) is 11.1 Å². The average molecular weight is 839 g/mol. The lowest BCUT2D eigenvalue weighted by Crippen LogP contribution is -2.43. The number of ether oxygens (including phenoxy) is 3. The molecule has 5 aromatic rings. The van der Waals surface area contributed by atoms with Crippen LogP contribution in [0, 0.1) is 0 Å². The number of amides is 4. The van der Waals surface area contributed by atoms with Crippen molar-refractivity contribution < 1.29 is 33.4 Å². The molecule has 11 nitrogen and oxygen atoms in total. The summed E-state index contributed by atoms with van der Waals surface area (Å²) < 4.78 is 17.5. The summed E-state index contributed by atoms with van der Waals surface area (Å²) in [7, 11) is 0. The summed E-state index contributed by atoms with van der Waals surface area (Å²) in [5, 5.41) is 12.3. The Morgan fingerprint density at radius 1 is 0.516 bits per heavy atom. The SMILES string of the molecule is C=CCCCOc1cc(C(=O)N[C@H](c2ccccc2)[C@H](NC(=O)OC(C)(C)C)c2ccccc2)cc(C(=O)N[C@H](c2ccccc2)[C@H](NC(=O)OC(C)(C)C)c2ccccc2)c1. The number of carbonyl (C=O) groups is 4. The Balaban J connectivity index is 1.55. The molecule has 62 heavy (non-hydrogen) atoms. The monoisotopic (exact) mass is 838 g/mol. The van der Waals surface area contributed by atoms with Crippen molar-refractivity contribution in [2.45, 2.75) is 89.8 Å². The van der Waals surface area contributed by atoms with Gasteiger partial charge in [-0.2, -0.15) is 0 Å². The fourth-order valence-corrected chi connectivity index (χ4v) is 6.76. The fourth-order valence-electron chi connectivity index (χ4n) is 6.76. The van der Waals surface area contributed by atoms with Gasteiger partial charge in [0.25, 0.3) is 11.8 Å². The van der Waals surface area contributed by atoms with Gasteiger partial charge >= 0.3 is 12.2 Å². The smallest absolute Gasteiger partial charge is 0.408 e.